The summed E-state index contributed by atoms with van der Waals surface area (Å²) in [6.07, 6.45) is 0. The third-order valence-corrected chi connectivity index (χ3v) is 3.27. The van der Waals surface area contributed by atoms with Gasteiger partial charge in [-0.1, -0.05) is 6.07 Å². The lowest BCUT2D eigenvalue weighted by Gasteiger charge is -2.15. The molecule has 24 heavy (non-hydrogen) atoms. The van der Waals surface area contributed by atoms with Crippen LogP contribution in [0.1, 0.15) is 0 Å². The van der Waals surface area contributed by atoms with Gasteiger partial charge in [-0.15, -0.1) is 0 Å². The molecule has 0 fully saturated rings. The highest BCUT2D eigenvalue weighted by Gasteiger charge is 2.19. The first kappa shape index (κ1) is 20.4. The molecule has 15 heteroatoms. The van der Waals surface area contributed by atoms with Crippen LogP contribution < -0.4 is 14.2 Å². The number of hydrogen-bond donors (Lipinski definition) is 3. The average molecular weight is 408 g/mol. The lowest BCUT2D eigenvalue weighted by molar-refractivity contribution is 0.282. The molecule has 0 aliphatic heterocycles. The quantitative estimate of drug-likeness (QED) is 0.438. The van der Waals surface area contributed by atoms with E-state index in [1.165, 1.54) is 6.07 Å². The molecule has 3 N–H and O–H groups in total. The fourth-order valence-corrected chi connectivity index (χ4v) is 2.09. The first-order valence-electron chi connectivity index (χ1n) is 5.64. The van der Waals surface area contributed by atoms with Crippen molar-refractivity contribution in [1.29, 1.82) is 0 Å². The molecule has 138 valence electrons. The van der Waals surface area contributed by atoms with Gasteiger partial charge in [-0.25, -0.2) is 0 Å². The fraction of sp³-hybridized carbons (Fsp3) is 0.333. The van der Waals surface area contributed by atoms with Crippen LogP contribution >= 0.6 is 0 Å². The van der Waals surface area contributed by atoms with E-state index in [0.29, 0.717) is 0 Å². The number of hydrogen-bond acceptors (Lipinski definition) is 9. The van der Waals surface area contributed by atoms with E-state index >= 15 is 0 Å². The Morgan fingerprint density at radius 2 is 1.00 bits per heavy atom. The summed E-state index contributed by atoms with van der Waals surface area (Å²) in [7, 11) is -13.7. The molecule has 0 unspecified atom stereocenters. The summed E-state index contributed by atoms with van der Waals surface area (Å²) in [6, 6.07) is 3.37. The van der Waals surface area contributed by atoms with Gasteiger partial charge in [0.1, 0.15) is 0 Å². The number of benzene rings is 1. The van der Waals surface area contributed by atoms with Crippen LogP contribution in [-0.2, 0) is 30.4 Å². The van der Waals surface area contributed by atoms with Crippen LogP contribution in [0.25, 0.3) is 0 Å². The molecule has 1 aromatic carbocycles. The maximum Gasteiger partial charge on any atom is 0.300 e. The fourth-order valence-electron chi connectivity index (χ4n) is 1.27. The Bertz CT molecular complexity index is 829. The van der Waals surface area contributed by atoms with Gasteiger partial charge >= 0.3 is 30.4 Å². The van der Waals surface area contributed by atoms with Gasteiger partial charge in [0, 0.05) is 0 Å². The molecule has 12 nitrogen and oxygen atoms in total. The summed E-state index contributed by atoms with van der Waals surface area (Å²) in [6.45, 7) is 0. The maximum absolute atomic E-state index is 10.7. The van der Waals surface area contributed by atoms with Crippen molar-refractivity contribution >= 4 is 30.4 Å². The zero-order chi connectivity index (χ0) is 18.6. The average Bonchev–Trinajstić information content (AvgIpc) is 2.38. The Labute approximate surface area is 137 Å². The summed E-state index contributed by atoms with van der Waals surface area (Å²) in [5, 5.41) is 0. The van der Waals surface area contributed by atoms with Crippen LogP contribution in [0.4, 0.5) is 0 Å². The molecular formula is C9H12O12S3. The second-order valence-electron chi connectivity index (χ2n) is 4.12. The Balaban J connectivity index is 3.16. The van der Waals surface area contributed by atoms with Crippen molar-refractivity contribution in [2.45, 2.75) is 0 Å². The second kappa shape index (κ2) is 7.49. The summed E-state index contributed by atoms with van der Waals surface area (Å²) in [5.41, 5.74) is 0. The highest BCUT2D eigenvalue weighted by molar-refractivity contribution is 7.86. The minimum Gasteiger partial charge on any atom is -0.471 e. The molecule has 0 aromatic heterocycles. The van der Waals surface area contributed by atoms with Gasteiger partial charge in [0.05, 0.1) is 0 Å². The first-order chi connectivity index (χ1) is 10.8. The van der Waals surface area contributed by atoms with Crippen molar-refractivity contribution in [2.24, 2.45) is 0 Å². The summed E-state index contributed by atoms with van der Waals surface area (Å²) >= 11 is 0. The molecule has 1 aromatic rings. The van der Waals surface area contributed by atoms with E-state index in [9.17, 15) is 25.3 Å². The molecule has 0 bridgehead atoms. The van der Waals surface area contributed by atoms with Crippen LogP contribution in [0.5, 0.6) is 17.2 Å². The van der Waals surface area contributed by atoms with Gasteiger partial charge in [-0.2, -0.15) is 25.3 Å². The first-order valence-corrected chi connectivity index (χ1v) is 10.5. The van der Waals surface area contributed by atoms with E-state index in [0.717, 1.165) is 12.1 Å². The summed E-state index contributed by atoms with van der Waals surface area (Å²) in [4.78, 5) is 0. The zero-order valence-corrected chi connectivity index (χ0v) is 14.0. The van der Waals surface area contributed by atoms with Crippen molar-refractivity contribution in [2.75, 3.05) is 17.8 Å². The van der Waals surface area contributed by atoms with Crippen LogP contribution in [-0.4, -0.2) is 56.7 Å². The van der Waals surface area contributed by atoms with Crippen molar-refractivity contribution in [3.05, 3.63) is 18.2 Å². The van der Waals surface area contributed by atoms with Gasteiger partial charge in [0.2, 0.25) is 23.6 Å². The largest absolute Gasteiger partial charge is 0.471 e. The third-order valence-electron chi connectivity index (χ3n) is 2.02. The van der Waals surface area contributed by atoms with E-state index in [2.05, 4.69) is 0 Å². The number of ether oxygens (including phenoxy) is 3. The number of rotatable bonds is 9. The molecule has 0 saturated carbocycles. The molecule has 0 aliphatic carbocycles. The molecule has 1 rings (SSSR count). The molecule has 0 heterocycles. The predicted molar refractivity (Wildman–Crippen MR) is 77.6 cm³/mol. The zero-order valence-electron chi connectivity index (χ0n) is 11.6. The Kier molecular flexibility index (Phi) is 6.37. The summed E-state index contributed by atoms with van der Waals surface area (Å²) in [5.74, 6) is -5.20. The van der Waals surface area contributed by atoms with E-state index < -0.39 is 65.4 Å². The SMILES string of the molecule is O=S(=O)(O)COc1cccc(OCS(=O)(=O)O)c1OCS(=O)(=O)O. The molecule has 0 saturated heterocycles. The van der Waals surface area contributed by atoms with Crippen molar-refractivity contribution in [3.8, 4) is 17.2 Å². The predicted octanol–water partition coefficient (Wildman–Crippen LogP) is -0.641. The van der Waals surface area contributed by atoms with E-state index in [-0.39, 0.29) is 0 Å². The molecule has 0 spiro atoms. The normalized spacial score (nSPS) is 12.6. The van der Waals surface area contributed by atoms with Crippen molar-refractivity contribution < 1.29 is 53.1 Å². The van der Waals surface area contributed by atoms with E-state index in [1.54, 1.807) is 0 Å². The van der Waals surface area contributed by atoms with E-state index in [1.807, 2.05) is 0 Å². The number of para-hydroxylation sites is 1. The van der Waals surface area contributed by atoms with Crippen LogP contribution in [0.3, 0.4) is 0 Å². The highest BCUT2D eigenvalue weighted by Crippen LogP contribution is 2.37. The molecule has 0 radical (unpaired) electrons. The lowest BCUT2D eigenvalue weighted by atomic mass is 10.3. The second-order valence-corrected chi connectivity index (χ2v) is 8.31. The minimum atomic E-state index is -4.61. The van der Waals surface area contributed by atoms with E-state index in [4.69, 9.17) is 27.9 Å². The topological polar surface area (TPSA) is 191 Å². The molecule has 0 amide bonds. The Hall–Kier alpha value is -1.65. The van der Waals surface area contributed by atoms with Crippen LogP contribution in [0, 0.1) is 0 Å². The van der Waals surface area contributed by atoms with Crippen LogP contribution in [0.15, 0.2) is 18.2 Å². The smallest absolute Gasteiger partial charge is 0.300 e. The standard InChI is InChI=1S/C9H12O12S3/c10-22(11,12)4-19-7-2-1-3-8(20-5-23(13,14)15)9(7)21-6-24(16,17)18/h1-3H,4-6H2,(H,10,11,12)(H,13,14,15)(H,16,17,18). The third kappa shape index (κ3) is 8.27. The Morgan fingerprint density at radius 3 is 1.33 bits per heavy atom. The molecule has 0 aliphatic rings. The van der Waals surface area contributed by atoms with Gasteiger partial charge in [-0.3, -0.25) is 13.7 Å². The van der Waals surface area contributed by atoms with Crippen molar-refractivity contribution in [1.82, 2.24) is 0 Å². The summed E-state index contributed by atoms with van der Waals surface area (Å²) < 4.78 is 104. The van der Waals surface area contributed by atoms with Crippen molar-refractivity contribution in [3.63, 3.8) is 0 Å². The monoisotopic (exact) mass is 408 g/mol. The van der Waals surface area contributed by atoms with Gasteiger partial charge in [0.25, 0.3) is 0 Å². The minimum absolute atomic E-state index is 0.441. The lowest BCUT2D eigenvalue weighted by Crippen LogP contribution is -2.15. The van der Waals surface area contributed by atoms with Crippen LogP contribution in [0.2, 0.25) is 0 Å². The highest BCUT2D eigenvalue weighted by atomic mass is 32.2. The van der Waals surface area contributed by atoms with Gasteiger partial charge < -0.3 is 14.2 Å². The Morgan fingerprint density at radius 1 is 0.667 bits per heavy atom. The molecule has 0 atom stereocenters. The maximum atomic E-state index is 10.7. The van der Waals surface area contributed by atoms with Gasteiger partial charge in [0.15, 0.2) is 11.5 Å². The van der Waals surface area contributed by atoms with Gasteiger partial charge in [-0.05, 0) is 12.1 Å². The molecular weight excluding hydrogens is 396 g/mol.